The van der Waals surface area contributed by atoms with Gasteiger partial charge in [-0.3, -0.25) is 4.79 Å². The molecule has 6 heteroatoms. The van der Waals surface area contributed by atoms with Crippen LogP contribution < -0.4 is 11.1 Å². The third-order valence-electron chi connectivity index (χ3n) is 4.06. The number of fused-ring (bicyclic) bond motifs is 3. The molecule has 0 aliphatic rings. The molecule has 0 atom stereocenters. The lowest BCUT2D eigenvalue weighted by Gasteiger charge is -2.08. The molecule has 2 heterocycles. The van der Waals surface area contributed by atoms with Crippen LogP contribution in [-0.4, -0.2) is 13.1 Å². The smallest absolute Gasteiger partial charge is 0.339 e. The van der Waals surface area contributed by atoms with E-state index in [1.807, 2.05) is 18.2 Å². The molecular formula is C20H12O6. The van der Waals surface area contributed by atoms with Crippen LogP contribution in [0.3, 0.4) is 0 Å². The average Bonchev–Trinajstić information content (AvgIpc) is 2.66. The minimum absolute atomic E-state index is 0.0160. The Bertz CT molecular complexity index is 1260. The van der Waals surface area contributed by atoms with Gasteiger partial charge in [0.05, 0.1) is 23.4 Å². The number of hydrogen-bond donors (Lipinski definition) is 0. The topological polar surface area (TPSA) is 86.7 Å². The van der Waals surface area contributed by atoms with Crippen LogP contribution in [-0.2, 0) is 4.74 Å². The zero-order valence-corrected chi connectivity index (χ0v) is 13.6. The predicted molar refractivity (Wildman–Crippen MR) is 95.3 cm³/mol. The molecule has 6 nitrogen and oxygen atoms in total. The van der Waals surface area contributed by atoms with Crippen LogP contribution in [0.15, 0.2) is 73.0 Å². The molecule has 0 unspecified atom stereocenters. The Morgan fingerprint density at radius 2 is 1.73 bits per heavy atom. The van der Waals surface area contributed by atoms with Crippen molar-refractivity contribution in [1.82, 2.24) is 0 Å². The monoisotopic (exact) mass is 348 g/mol. The summed E-state index contributed by atoms with van der Waals surface area (Å²) in [6.07, 6.45) is 0. The van der Waals surface area contributed by atoms with E-state index in [4.69, 9.17) is 13.6 Å². The standard InChI is InChI=1S/C20H12O6/c1-24-20(23)13-9-17(22)25-15-8-7-12-14(21)10-16(26-19(12)18(13)15)11-5-3-2-4-6-11/h2-10H,1H3. The summed E-state index contributed by atoms with van der Waals surface area (Å²) in [6.45, 7) is 0. The fraction of sp³-hybridized carbons (Fsp3) is 0.0500. The van der Waals surface area contributed by atoms with E-state index in [2.05, 4.69) is 0 Å². The molecule has 26 heavy (non-hydrogen) atoms. The van der Waals surface area contributed by atoms with Gasteiger partial charge in [-0.15, -0.1) is 0 Å². The molecule has 0 saturated carbocycles. The van der Waals surface area contributed by atoms with Crippen LogP contribution in [0, 0.1) is 0 Å². The summed E-state index contributed by atoms with van der Waals surface area (Å²) in [7, 11) is 1.21. The lowest BCUT2D eigenvalue weighted by Crippen LogP contribution is -2.09. The van der Waals surface area contributed by atoms with Crippen LogP contribution in [0.2, 0.25) is 0 Å². The molecule has 2 aromatic heterocycles. The summed E-state index contributed by atoms with van der Waals surface area (Å²) < 4.78 is 15.9. The SMILES string of the molecule is COC(=O)c1cc(=O)oc2ccc3c(=O)cc(-c4ccccc4)oc3c12. The molecule has 0 amide bonds. The Balaban J connectivity index is 2.18. The highest BCUT2D eigenvalue weighted by atomic mass is 16.5. The van der Waals surface area contributed by atoms with E-state index in [9.17, 15) is 14.4 Å². The van der Waals surface area contributed by atoms with Crippen LogP contribution in [0.4, 0.5) is 0 Å². The highest BCUT2D eigenvalue weighted by molar-refractivity contribution is 6.12. The summed E-state index contributed by atoms with van der Waals surface area (Å²) in [4.78, 5) is 36.5. The van der Waals surface area contributed by atoms with Crippen molar-refractivity contribution < 1.29 is 18.4 Å². The third kappa shape index (κ3) is 2.48. The van der Waals surface area contributed by atoms with Crippen LogP contribution >= 0.6 is 0 Å². The van der Waals surface area contributed by atoms with Crippen molar-refractivity contribution in [3.05, 3.63) is 80.8 Å². The molecule has 4 rings (SSSR count). The molecule has 2 aromatic carbocycles. The van der Waals surface area contributed by atoms with Crippen molar-refractivity contribution >= 4 is 27.9 Å². The highest BCUT2D eigenvalue weighted by Crippen LogP contribution is 2.29. The molecule has 0 aliphatic heterocycles. The van der Waals surface area contributed by atoms with E-state index >= 15 is 0 Å². The molecule has 0 bridgehead atoms. The molecule has 0 radical (unpaired) electrons. The number of esters is 1. The zero-order valence-electron chi connectivity index (χ0n) is 13.6. The molecule has 0 saturated heterocycles. The van der Waals surface area contributed by atoms with Gasteiger partial charge in [-0.25, -0.2) is 9.59 Å². The first-order valence-electron chi connectivity index (χ1n) is 7.77. The Kier molecular flexibility index (Phi) is 3.65. The Morgan fingerprint density at radius 1 is 0.962 bits per heavy atom. The maximum atomic E-state index is 12.6. The summed E-state index contributed by atoms with van der Waals surface area (Å²) in [5.41, 5.74) is 0.0304. The normalized spacial score (nSPS) is 11.0. The van der Waals surface area contributed by atoms with E-state index < -0.39 is 11.6 Å². The van der Waals surface area contributed by atoms with Gasteiger partial charge in [0, 0.05) is 17.7 Å². The molecule has 0 fully saturated rings. The summed E-state index contributed by atoms with van der Waals surface area (Å²) in [5.74, 6) is -0.374. The Hall–Kier alpha value is -3.67. The zero-order chi connectivity index (χ0) is 18.3. The van der Waals surface area contributed by atoms with Gasteiger partial charge < -0.3 is 13.6 Å². The predicted octanol–water partition coefficient (Wildman–Crippen LogP) is 3.35. The fourth-order valence-electron chi connectivity index (χ4n) is 2.88. The van der Waals surface area contributed by atoms with E-state index in [1.54, 1.807) is 12.1 Å². The van der Waals surface area contributed by atoms with Crippen molar-refractivity contribution in [3.8, 4) is 11.3 Å². The first kappa shape index (κ1) is 15.8. The number of methoxy groups -OCH3 is 1. The first-order chi connectivity index (χ1) is 12.6. The second-order valence-electron chi connectivity index (χ2n) is 5.63. The Labute approximate surface area is 146 Å². The molecule has 0 aliphatic carbocycles. The summed E-state index contributed by atoms with van der Waals surface area (Å²) >= 11 is 0. The molecule has 4 aromatic rings. The quantitative estimate of drug-likeness (QED) is 0.314. The van der Waals surface area contributed by atoms with E-state index in [0.717, 1.165) is 6.07 Å². The van der Waals surface area contributed by atoms with Gasteiger partial charge in [0.25, 0.3) is 0 Å². The maximum Gasteiger partial charge on any atom is 0.339 e. The molecule has 0 spiro atoms. The van der Waals surface area contributed by atoms with Gasteiger partial charge in [0.15, 0.2) is 5.43 Å². The van der Waals surface area contributed by atoms with Crippen molar-refractivity contribution in [2.75, 3.05) is 7.11 Å². The fourth-order valence-corrected chi connectivity index (χ4v) is 2.88. The van der Waals surface area contributed by atoms with Crippen molar-refractivity contribution in [3.63, 3.8) is 0 Å². The van der Waals surface area contributed by atoms with Gasteiger partial charge in [-0.2, -0.15) is 0 Å². The van der Waals surface area contributed by atoms with Crippen molar-refractivity contribution in [2.24, 2.45) is 0 Å². The van der Waals surface area contributed by atoms with Gasteiger partial charge in [0.2, 0.25) is 0 Å². The second kappa shape index (κ2) is 6.00. The second-order valence-corrected chi connectivity index (χ2v) is 5.63. The number of benzene rings is 2. The van der Waals surface area contributed by atoms with Crippen molar-refractivity contribution in [1.29, 1.82) is 0 Å². The summed E-state index contributed by atoms with van der Waals surface area (Å²) in [5, 5.41) is 0.500. The summed E-state index contributed by atoms with van der Waals surface area (Å²) in [6, 6.07) is 14.5. The molecule has 128 valence electrons. The van der Waals surface area contributed by atoms with E-state index in [0.29, 0.717) is 11.3 Å². The lowest BCUT2D eigenvalue weighted by atomic mass is 10.1. The molecule has 0 N–H and O–H groups in total. The highest BCUT2D eigenvalue weighted by Gasteiger charge is 2.19. The minimum atomic E-state index is -0.719. The van der Waals surface area contributed by atoms with Crippen LogP contribution in [0.1, 0.15) is 10.4 Å². The van der Waals surface area contributed by atoms with E-state index in [1.165, 1.54) is 25.3 Å². The lowest BCUT2D eigenvalue weighted by molar-refractivity contribution is 0.0602. The van der Waals surface area contributed by atoms with Gasteiger partial charge in [-0.05, 0) is 12.1 Å². The minimum Gasteiger partial charge on any atom is -0.465 e. The van der Waals surface area contributed by atoms with Crippen LogP contribution in [0.5, 0.6) is 0 Å². The maximum absolute atomic E-state index is 12.6. The Morgan fingerprint density at radius 3 is 2.46 bits per heavy atom. The number of rotatable bonds is 2. The van der Waals surface area contributed by atoms with Crippen molar-refractivity contribution in [2.45, 2.75) is 0 Å². The number of carbonyl (C=O) groups is 1. The molecular weight excluding hydrogens is 336 g/mol. The number of hydrogen-bond acceptors (Lipinski definition) is 6. The van der Waals surface area contributed by atoms with E-state index in [-0.39, 0.29) is 32.9 Å². The number of carbonyl (C=O) groups excluding carboxylic acids is 1. The average molecular weight is 348 g/mol. The van der Waals surface area contributed by atoms with Gasteiger partial charge in [0.1, 0.15) is 16.9 Å². The largest absolute Gasteiger partial charge is 0.465 e. The third-order valence-corrected chi connectivity index (χ3v) is 4.06. The number of ether oxygens (including phenoxy) is 1. The van der Waals surface area contributed by atoms with Crippen LogP contribution in [0.25, 0.3) is 33.3 Å². The van der Waals surface area contributed by atoms with Gasteiger partial charge >= 0.3 is 11.6 Å². The first-order valence-corrected chi connectivity index (χ1v) is 7.77. The van der Waals surface area contributed by atoms with Gasteiger partial charge in [-0.1, -0.05) is 30.3 Å².